The van der Waals surface area contributed by atoms with Gasteiger partial charge in [0.25, 0.3) is 0 Å². The Labute approximate surface area is 110 Å². The van der Waals surface area contributed by atoms with Gasteiger partial charge in [-0.2, -0.15) is 0 Å². The van der Waals surface area contributed by atoms with E-state index in [1.807, 2.05) is 26.1 Å². The molecule has 0 aliphatic carbocycles. The van der Waals surface area contributed by atoms with Crippen molar-refractivity contribution in [2.45, 2.75) is 32.7 Å². The average molecular weight is 251 g/mol. The van der Waals surface area contributed by atoms with Gasteiger partial charge >= 0.3 is 0 Å². The highest BCUT2D eigenvalue weighted by molar-refractivity contribution is 5.35. The Morgan fingerprint density at radius 3 is 2.61 bits per heavy atom. The van der Waals surface area contributed by atoms with Gasteiger partial charge in [0.2, 0.25) is 0 Å². The maximum Gasteiger partial charge on any atom is 0.124 e. The maximum atomic E-state index is 5.85. The molecule has 0 bridgehead atoms. The number of hydrogen-bond acceptors (Lipinski definition) is 3. The summed E-state index contributed by atoms with van der Waals surface area (Å²) >= 11 is 0. The summed E-state index contributed by atoms with van der Waals surface area (Å²) in [5.74, 6) is 0.982. The quantitative estimate of drug-likeness (QED) is 0.684. The Balaban J connectivity index is 2.53. The van der Waals surface area contributed by atoms with Gasteiger partial charge in [0.05, 0.1) is 6.61 Å². The highest BCUT2D eigenvalue weighted by Crippen LogP contribution is 2.26. The SMILES string of the molecule is CCOCCCOc1ccccc1C(CC)NC. The van der Waals surface area contributed by atoms with Crippen molar-refractivity contribution in [3.8, 4) is 5.75 Å². The minimum atomic E-state index is 0.355. The van der Waals surface area contributed by atoms with E-state index >= 15 is 0 Å². The summed E-state index contributed by atoms with van der Waals surface area (Å²) in [7, 11) is 1.99. The first-order chi connectivity index (χ1) is 8.83. The number of para-hydroxylation sites is 1. The Bertz CT molecular complexity index is 324. The zero-order valence-electron chi connectivity index (χ0n) is 11.7. The van der Waals surface area contributed by atoms with Crippen LogP contribution in [-0.2, 0) is 4.74 Å². The van der Waals surface area contributed by atoms with Gasteiger partial charge in [0.1, 0.15) is 5.75 Å². The Morgan fingerprint density at radius 1 is 1.17 bits per heavy atom. The molecule has 0 heterocycles. The fraction of sp³-hybridized carbons (Fsp3) is 0.600. The molecule has 0 amide bonds. The molecule has 0 saturated carbocycles. The number of hydrogen-bond donors (Lipinski definition) is 1. The second-order valence-electron chi connectivity index (χ2n) is 4.19. The first kappa shape index (κ1) is 15.0. The Hall–Kier alpha value is -1.06. The molecule has 1 unspecified atom stereocenters. The van der Waals surface area contributed by atoms with Crippen LogP contribution in [0.5, 0.6) is 5.75 Å². The fourth-order valence-corrected chi connectivity index (χ4v) is 1.97. The minimum absolute atomic E-state index is 0.355. The predicted octanol–water partition coefficient (Wildman–Crippen LogP) is 3.16. The summed E-state index contributed by atoms with van der Waals surface area (Å²) in [4.78, 5) is 0. The molecule has 18 heavy (non-hydrogen) atoms. The van der Waals surface area contributed by atoms with Crippen LogP contribution < -0.4 is 10.1 Å². The minimum Gasteiger partial charge on any atom is -0.493 e. The zero-order chi connectivity index (χ0) is 13.2. The number of benzene rings is 1. The van der Waals surface area contributed by atoms with Crippen molar-refractivity contribution < 1.29 is 9.47 Å². The van der Waals surface area contributed by atoms with E-state index in [4.69, 9.17) is 9.47 Å². The van der Waals surface area contributed by atoms with Gasteiger partial charge in [-0.05, 0) is 26.5 Å². The molecule has 1 aromatic rings. The van der Waals surface area contributed by atoms with Gasteiger partial charge in [0, 0.05) is 31.2 Å². The van der Waals surface area contributed by atoms with Crippen LogP contribution >= 0.6 is 0 Å². The molecule has 1 aromatic carbocycles. The summed E-state index contributed by atoms with van der Waals surface area (Å²) in [5, 5.41) is 3.31. The maximum absolute atomic E-state index is 5.85. The normalized spacial score (nSPS) is 12.4. The van der Waals surface area contributed by atoms with Crippen LogP contribution in [0.1, 0.15) is 38.3 Å². The third-order valence-electron chi connectivity index (χ3n) is 2.95. The lowest BCUT2D eigenvalue weighted by atomic mass is 10.0. The van der Waals surface area contributed by atoms with E-state index in [-0.39, 0.29) is 0 Å². The van der Waals surface area contributed by atoms with Crippen LogP contribution in [0.3, 0.4) is 0 Å². The largest absolute Gasteiger partial charge is 0.493 e. The van der Waals surface area contributed by atoms with Gasteiger partial charge < -0.3 is 14.8 Å². The van der Waals surface area contributed by atoms with E-state index in [1.54, 1.807) is 0 Å². The highest BCUT2D eigenvalue weighted by Gasteiger charge is 2.11. The molecule has 3 nitrogen and oxygen atoms in total. The molecule has 1 rings (SSSR count). The van der Waals surface area contributed by atoms with Crippen LogP contribution in [0.15, 0.2) is 24.3 Å². The van der Waals surface area contributed by atoms with Gasteiger partial charge in [-0.3, -0.25) is 0 Å². The van der Waals surface area contributed by atoms with Gasteiger partial charge in [-0.25, -0.2) is 0 Å². The van der Waals surface area contributed by atoms with Crippen molar-refractivity contribution in [2.75, 3.05) is 26.9 Å². The molecule has 1 N–H and O–H groups in total. The standard InChI is InChI=1S/C15H25NO2/c1-4-14(16-3)13-9-6-7-10-15(13)18-12-8-11-17-5-2/h6-7,9-10,14,16H,4-5,8,11-12H2,1-3H3. The summed E-state index contributed by atoms with van der Waals surface area (Å²) in [6.45, 7) is 6.43. The summed E-state index contributed by atoms with van der Waals surface area (Å²) < 4.78 is 11.1. The van der Waals surface area contributed by atoms with E-state index in [0.717, 1.165) is 31.8 Å². The molecule has 0 fully saturated rings. The first-order valence-electron chi connectivity index (χ1n) is 6.80. The first-order valence-corrected chi connectivity index (χ1v) is 6.80. The summed E-state index contributed by atoms with van der Waals surface area (Å²) in [6.07, 6.45) is 1.98. The second-order valence-corrected chi connectivity index (χ2v) is 4.19. The highest BCUT2D eigenvalue weighted by atomic mass is 16.5. The fourth-order valence-electron chi connectivity index (χ4n) is 1.97. The van der Waals surface area contributed by atoms with Crippen molar-refractivity contribution in [3.05, 3.63) is 29.8 Å². The molecular formula is C15H25NO2. The molecule has 1 atom stereocenters. The van der Waals surface area contributed by atoms with Crippen molar-refractivity contribution in [1.29, 1.82) is 0 Å². The van der Waals surface area contributed by atoms with Crippen molar-refractivity contribution in [2.24, 2.45) is 0 Å². The third-order valence-corrected chi connectivity index (χ3v) is 2.95. The molecule has 0 saturated heterocycles. The molecule has 0 aliphatic rings. The lowest BCUT2D eigenvalue weighted by Crippen LogP contribution is -2.16. The third kappa shape index (κ3) is 4.67. The Kier molecular flexibility index (Phi) is 7.46. The lowest BCUT2D eigenvalue weighted by molar-refractivity contribution is 0.130. The summed E-state index contributed by atoms with van der Waals surface area (Å²) in [6, 6.07) is 8.60. The van der Waals surface area contributed by atoms with Gasteiger partial charge in [-0.15, -0.1) is 0 Å². The number of ether oxygens (including phenoxy) is 2. The van der Waals surface area contributed by atoms with Crippen LogP contribution in [0, 0.1) is 0 Å². The summed E-state index contributed by atoms with van der Waals surface area (Å²) in [5.41, 5.74) is 1.24. The van der Waals surface area contributed by atoms with Gasteiger partial charge in [-0.1, -0.05) is 25.1 Å². The topological polar surface area (TPSA) is 30.5 Å². The van der Waals surface area contributed by atoms with Crippen molar-refractivity contribution in [1.82, 2.24) is 5.32 Å². The van der Waals surface area contributed by atoms with Crippen LogP contribution in [0.25, 0.3) is 0 Å². The van der Waals surface area contributed by atoms with Crippen molar-refractivity contribution in [3.63, 3.8) is 0 Å². The smallest absolute Gasteiger partial charge is 0.124 e. The number of nitrogens with one attached hydrogen (secondary N) is 1. The molecule has 0 aromatic heterocycles. The molecule has 3 heteroatoms. The van der Waals surface area contributed by atoms with Crippen LogP contribution in [0.2, 0.25) is 0 Å². The number of rotatable bonds is 9. The molecule has 0 spiro atoms. The van der Waals surface area contributed by atoms with E-state index in [0.29, 0.717) is 12.6 Å². The van der Waals surface area contributed by atoms with E-state index < -0.39 is 0 Å². The average Bonchev–Trinajstić information content (AvgIpc) is 2.41. The monoisotopic (exact) mass is 251 g/mol. The van der Waals surface area contributed by atoms with E-state index in [9.17, 15) is 0 Å². The van der Waals surface area contributed by atoms with Crippen molar-refractivity contribution >= 4 is 0 Å². The molecule has 0 aliphatic heterocycles. The molecular weight excluding hydrogens is 226 g/mol. The molecule has 102 valence electrons. The van der Waals surface area contributed by atoms with E-state index in [1.165, 1.54) is 5.56 Å². The Morgan fingerprint density at radius 2 is 1.94 bits per heavy atom. The van der Waals surface area contributed by atoms with Crippen LogP contribution in [-0.4, -0.2) is 26.9 Å². The van der Waals surface area contributed by atoms with Crippen LogP contribution in [0.4, 0.5) is 0 Å². The van der Waals surface area contributed by atoms with E-state index in [2.05, 4.69) is 24.4 Å². The predicted molar refractivity (Wildman–Crippen MR) is 75.1 cm³/mol. The van der Waals surface area contributed by atoms with Gasteiger partial charge in [0.15, 0.2) is 0 Å². The second kappa shape index (κ2) is 8.95. The lowest BCUT2D eigenvalue weighted by Gasteiger charge is -2.18. The molecule has 0 radical (unpaired) electrons. The zero-order valence-corrected chi connectivity index (χ0v) is 11.7.